The Bertz CT molecular complexity index is 747. The van der Waals surface area contributed by atoms with Gasteiger partial charge in [0.25, 0.3) is 0 Å². The second kappa shape index (κ2) is 6.45. The van der Waals surface area contributed by atoms with E-state index >= 15 is 3.89 Å². The van der Waals surface area contributed by atoms with Crippen molar-refractivity contribution < 1.29 is 3.89 Å². The second-order valence-electron chi connectivity index (χ2n) is 6.94. The largest absolute Gasteiger partial charge is 0.175 e. The molecule has 2 heteroatoms. The summed E-state index contributed by atoms with van der Waals surface area (Å²) in [5.74, 6) is 0. The van der Waals surface area contributed by atoms with Crippen LogP contribution in [0.25, 0.3) is 0 Å². The van der Waals surface area contributed by atoms with E-state index in [9.17, 15) is 0 Å². The third kappa shape index (κ3) is 3.11. The van der Waals surface area contributed by atoms with Gasteiger partial charge in [0.15, 0.2) is 0 Å². The minimum absolute atomic E-state index is 0.0618. The molecule has 0 amide bonds. The standard InChI is InChI=1S/C22H23FS/c1-22(2,3)18-14-16-21(17-15-18)24(23,19-10-6-4-7-11-19)20-12-8-5-9-13-20/h4-17H,1-3H3. The van der Waals surface area contributed by atoms with E-state index in [4.69, 9.17) is 0 Å². The average molecular weight is 338 g/mol. The van der Waals surface area contributed by atoms with Crippen molar-refractivity contribution in [2.24, 2.45) is 0 Å². The highest BCUT2D eigenvalue weighted by molar-refractivity contribution is 8.29. The fourth-order valence-corrected chi connectivity index (χ4v) is 5.16. The predicted molar refractivity (Wildman–Crippen MR) is 102 cm³/mol. The van der Waals surface area contributed by atoms with Gasteiger partial charge in [-0.25, -0.2) is 0 Å². The quantitative estimate of drug-likeness (QED) is 0.475. The van der Waals surface area contributed by atoms with Gasteiger partial charge in [-0.1, -0.05) is 69.3 Å². The van der Waals surface area contributed by atoms with Crippen molar-refractivity contribution in [2.75, 3.05) is 0 Å². The van der Waals surface area contributed by atoms with Crippen LogP contribution in [0.5, 0.6) is 0 Å². The molecule has 0 nitrogen and oxygen atoms in total. The first-order valence-corrected chi connectivity index (χ1v) is 9.69. The maximum absolute atomic E-state index is 16.5. The van der Waals surface area contributed by atoms with Gasteiger partial charge in [-0.05, 0) is 57.8 Å². The van der Waals surface area contributed by atoms with Gasteiger partial charge in [0.1, 0.15) is 0 Å². The van der Waals surface area contributed by atoms with Crippen LogP contribution in [0.4, 0.5) is 3.89 Å². The van der Waals surface area contributed by atoms with Crippen LogP contribution in [-0.4, -0.2) is 0 Å². The Morgan fingerprint density at radius 3 is 1.33 bits per heavy atom. The Morgan fingerprint density at radius 1 is 0.583 bits per heavy atom. The molecule has 0 aromatic heterocycles. The minimum Gasteiger partial charge on any atom is -0.175 e. The molecule has 3 rings (SSSR count). The lowest BCUT2D eigenvalue weighted by Gasteiger charge is -2.32. The Kier molecular flexibility index (Phi) is 4.51. The van der Waals surface area contributed by atoms with E-state index < -0.39 is 10.4 Å². The van der Waals surface area contributed by atoms with Gasteiger partial charge in [-0.2, -0.15) is 3.89 Å². The second-order valence-corrected chi connectivity index (χ2v) is 9.43. The highest BCUT2D eigenvalue weighted by Gasteiger charge is 2.31. The molecule has 0 spiro atoms. The SMILES string of the molecule is CC(C)(C)c1ccc(S(F)(c2ccccc2)c2ccccc2)cc1. The van der Waals surface area contributed by atoms with Crippen molar-refractivity contribution in [1.29, 1.82) is 0 Å². The zero-order valence-electron chi connectivity index (χ0n) is 14.4. The summed E-state index contributed by atoms with van der Waals surface area (Å²) in [5, 5.41) is 0. The molecule has 0 N–H and O–H groups in total. The Labute approximate surface area is 146 Å². The first-order chi connectivity index (χ1) is 11.4. The summed E-state index contributed by atoms with van der Waals surface area (Å²) in [6, 6.07) is 27.1. The molecule has 0 saturated carbocycles. The number of hydrogen-bond acceptors (Lipinski definition) is 0. The third-order valence-electron chi connectivity index (χ3n) is 4.18. The van der Waals surface area contributed by atoms with Crippen molar-refractivity contribution in [3.63, 3.8) is 0 Å². The molecule has 0 unspecified atom stereocenters. The Balaban J connectivity index is 2.16. The monoisotopic (exact) mass is 338 g/mol. The molecule has 0 saturated heterocycles. The Hall–Kier alpha value is -2.06. The fourth-order valence-electron chi connectivity index (χ4n) is 2.77. The lowest BCUT2D eigenvalue weighted by atomic mass is 9.87. The molecule has 3 aromatic rings. The van der Waals surface area contributed by atoms with E-state index in [0.29, 0.717) is 0 Å². The van der Waals surface area contributed by atoms with Crippen molar-refractivity contribution in [3.8, 4) is 0 Å². The van der Waals surface area contributed by atoms with Gasteiger partial charge in [0, 0.05) is 14.7 Å². The van der Waals surface area contributed by atoms with Crippen molar-refractivity contribution in [1.82, 2.24) is 0 Å². The smallest absolute Gasteiger partial charge is 0.0263 e. The van der Waals surface area contributed by atoms with Gasteiger partial charge in [-0.3, -0.25) is 0 Å². The summed E-state index contributed by atoms with van der Waals surface area (Å²) in [6.45, 7) is 6.52. The zero-order chi connectivity index (χ0) is 17.2. The number of benzene rings is 3. The highest BCUT2D eigenvalue weighted by atomic mass is 32.3. The van der Waals surface area contributed by atoms with E-state index in [0.717, 1.165) is 14.7 Å². The van der Waals surface area contributed by atoms with Crippen molar-refractivity contribution in [3.05, 3.63) is 90.5 Å². The molecule has 124 valence electrons. The summed E-state index contributed by atoms with van der Waals surface area (Å²) in [7, 11) is -2.74. The molecule has 0 radical (unpaired) electrons. The van der Waals surface area contributed by atoms with Gasteiger partial charge < -0.3 is 0 Å². The first-order valence-electron chi connectivity index (χ1n) is 8.16. The van der Waals surface area contributed by atoms with Crippen LogP contribution in [0.15, 0.2) is 99.6 Å². The van der Waals surface area contributed by atoms with Gasteiger partial charge in [0.2, 0.25) is 0 Å². The molecular weight excluding hydrogens is 315 g/mol. The van der Waals surface area contributed by atoms with Crippen LogP contribution in [0.1, 0.15) is 26.3 Å². The van der Waals surface area contributed by atoms with E-state index in [1.807, 2.05) is 72.8 Å². The maximum atomic E-state index is 16.5. The summed E-state index contributed by atoms with van der Waals surface area (Å²) >= 11 is 0. The average Bonchev–Trinajstić information content (AvgIpc) is 2.62. The van der Waals surface area contributed by atoms with E-state index in [2.05, 4.69) is 32.9 Å². The molecular formula is C22H23FS. The summed E-state index contributed by atoms with van der Waals surface area (Å²) in [5.41, 5.74) is 1.28. The molecule has 0 aliphatic carbocycles. The molecule has 24 heavy (non-hydrogen) atoms. The Morgan fingerprint density at radius 2 is 0.958 bits per heavy atom. The molecule has 0 atom stereocenters. The van der Waals surface area contributed by atoms with Crippen molar-refractivity contribution >= 4 is 10.4 Å². The van der Waals surface area contributed by atoms with Crippen LogP contribution in [0, 0.1) is 0 Å². The van der Waals surface area contributed by atoms with E-state index in [1.54, 1.807) is 0 Å². The van der Waals surface area contributed by atoms with Crippen LogP contribution in [-0.2, 0) is 5.41 Å². The predicted octanol–water partition coefficient (Wildman–Crippen LogP) is 7.15. The van der Waals surface area contributed by atoms with Gasteiger partial charge in [-0.15, -0.1) is 0 Å². The molecule has 0 aliphatic rings. The number of rotatable bonds is 3. The number of halogens is 1. The van der Waals surface area contributed by atoms with Crippen molar-refractivity contribution in [2.45, 2.75) is 40.9 Å². The highest BCUT2D eigenvalue weighted by Crippen LogP contribution is 2.69. The fraction of sp³-hybridized carbons (Fsp3) is 0.182. The minimum atomic E-state index is -2.74. The molecule has 0 fully saturated rings. The van der Waals surface area contributed by atoms with Crippen LogP contribution in [0.3, 0.4) is 0 Å². The first kappa shape index (κ1) is 16.8. The summed E-state index contributed by atoms with van der Waals surface area (Å²) in [6.07, 6.45) is 0. The van der Waals surface area contributed by atoms with E-state index in [1.165, 1.54) is 5.56 Å². The lowest BCUT2D eigenvalue weighted by molar-refractivity contribution is 0.589. The third-order valence-corrected chi connectivity index (χ3v) is 6.95. The summed E-state index contributed by atoms with van der Waals surface area (Å²) < 4.78 is 16.5. The van der Waals surface area contributed by atoms with Gasteiger partial charge in [0.05, 0.1) is 0 Å². The molecule has 0 bridgehead atoms. The molecule has 3 aromatic carbocycles. The van der Waals surface area contributed by atoms with Gasteiger partial charge >= 0.3 is 0 Å². The molecule has 0 heterocycles. The van der Waals surface area contributed by atoms with Crippen LogP contribution < -0.4 is 0 Å². The normalized spacial score (nSPS) is 12.8. The topological polar surface area (TPSA) is 0 Å². The molecule has 0 aliphatic heterocycles. The zero-order valence-corrected chi connectivity index (χ0v) is 15.2. The van der Waals surface area contributed by atoms with Crippen LogP contribution >= 0.6 is 10.4 Å². The number of hydrogen-bond donors (Lipinski definition) is 0. The van der Waals surface area contributed by atoms with E-state index in [-0.39, 0.29) is 5.41 Å². The summed E-state index contributed by atoms with van der Waals surface area (Å²) in [4.78, 5) is 2.22. The van der Waals surface area contributed by atoms with Crippen LogP contribution in [0.2, 0.25) is 0 Å². The lowest BCUT2D eigenvalue weighted by Crippen LogP contribution is -2.10. The maximum Gasteiger partial charge on any atom is 0.0263 e.